The lowest BCUT2D eigenvalue weighted by molar-refractivity contribution is -0.180. The van der Waals surface area contributed by atoms with Crippen LogP contribution in [0.3, 0.4) is 0 Å². The molecule has 1 amide bonds. The molecule has 15 heteroatoms. The number of carbonyl (C=O) groups excluding carboxylic acids is 1. The van der Waals surface area contributed by atoms with Crippen LogP contribution in [0.4, 0.5) is 27.6 Å². The Morgan fingerprint density at radius 2 is 1.84 bits per heavy atom. The summed E-state index contributed by atoms with van der Waals surface area (Å²) in [4.78, 5) is 16.7. The van der Waals surface area contributed by atoms with Gasteiger partial charge in [-0.2, -0.15) is 18.2 Å². The van der Waals surface area contributed by atoms with E-state index in [9.17, 15) is 31.9 Å². The van der Waals surface area contributed by atoms with E-state index in [1.165, 1.54) is 36.3 Å². The number of amides is 1. The molecule has 0 spiro atoms. The lowest BCUT2D eigenvalue weighted by Gasteiger charge is -2.39. The summed E-state index contributed by atoms with van der Waals surface area (Å²) in [5, 5.41) is 14.8. The molecule has 0 radical (unpaired) electrons. The summed E-state index contributed by atoms with van der Waals surface area (Å²) in [5.41, 5.74) is 1.09. The number of aliphatic imine (C=N–C) groups is 1. The highest BCUT2D eigenvalue weighted by Crippen LogP contribution is 2.39. The number of hydrogen-bond donors (Lipinski definition) is 3. The van der Waals surface area contributed by atoms with Gasteiger partial charge in [0.15, 0.2) is 6.29 Å². The van der Waals surface area contributed by atoms with Crippen LogP contribution < -0.4 is 10.7 Å². The molecule has 0 aliphatic carbocycles. The zero-order valence-electron chi connectivity index (χ0n) is 23.7. The van der Waals surface area contributed by atoms with Crippen molar-refractivity contribution >= 4 is 41.3 Å². The first kappa shape index (κ1) is 33.1. The lowest BCUT2D eigenvalue weighted by Crippen LogP contribution is -2.50. The number of alkyl halides is 3. The van der Waals surface area contributed by atoms with Crippen molar-refractivity contribution in [2.24, 2.45) is 4.99 Å². The van der Waals surface area contributed by atoms with Crippen LogP contribution in [-0.2, 0) is 21.3 Å². The van der Waals surface area contributed by atoms with Crippen LogP contribution in [0.1, 0.15) is 40.3 Å². The molecule has 1 saturated heterocycles. The maximum absolute atomic E-state index is 14.9. The lowest BCUT2D eigenvalue weighted by atomic mass is 9.89. The summed E-state index contributed by atoms with van der Waals surface area (Å²) in [6.07, 6.45) is -3.83. The molecule has 0 aromatic heterocycles. The van der Waals surface area contributed by atoms with E-state index in [4.69, 9.17) is 21.1 Å². The predicted molar refractivity (Wildman–Crippen MR) is 160 cm³/mol. The fraction of sp³-hybridized carbons (Fsp3) is 0.333. The van der Waals surface area contributed by atoms with E-state index in [0.717, 1.165) is 30.3 Å². The SMILES string of the molecule is CC(SC1COC(c2ccc(C(=O)Nc3ccc(C(F)(F)F)cc3Cl)cc2)OC1)C(O)(CN1CN=CN1)c1ccc(F)cc1F. The molecule has 2 aliphatic rings. The van der Waals surface area contributed by atoms with Gasteiger partial charge in [0, 0.05) is 28.0 Å². The maximum Gasteiger partial charge on any atom is 0.416 e. The Labute approximate surface area is 264 Å². The molecular weight excluding hydrogens is 643 g/mol. The summed E-state index contributed by atoms with van der Waals surface area (Å²) >= 11 is 7.28. The monoisotopic (exact) mass is 670 g/mol. The zero-order valence-corrected chi connectivity index (χ0v) is 25.2. The third-order valence-corrected chi connectivity index (χ3v) is 9.11. The molecular formula is C30H28ClF5N4O4S. The van der Waals surface area contributed by atoms with Crippen LogP contribution in [0.15, 0.2) is 65.7 Å². The molecule has 2 heterocycles. The van der Waals surface area contributed by atoms with Gasteiger partial charge in [-0.25, -0.2) is 8.78 Å². The van der Waals surface area contributed by atoms with Crippen LogP contribution in [0.25, 0.3) is 0 Å². The summed E-state index contributed by atoms with van der Waals surface area (Å²) in [7, 11) is 0. The van der Waals surface area contributed by atoms with Crippen molar-refractivity contribution in [2.75, 3.05) is 31.7 Å². The minimum atomic E-state index is -4.56. The molecule has 8 nitrogen and oxygen atoms in total. The number of rotatable bonds is 9. The highest BCUT2D eigenvalue weighted by molar-refractivity contribution is 8.00. The fourth-order valence-corrected chi connectivity index (χ4v) is 6.45. The molecule has 3 aromatic rings. The molecule has 45 heavy (non-hydrogen) atoms. The summed E-state index contributed by atoms with van der Waals surface area (Å²) in [6.45, 7) is 2.45. The third-order valence-electron chi connectivity index (χ3n) is 7.34. The summed E-state index contributed by atoms with van der Waals surface area (Å²) < 4.78 is 79.0. The van der Waals surface area contributed by atoms with Gasteiger partial charge in [0.05, 0.1) is 47.6 Å². The number of halogens is 6. The van der Waals surface area contributed by atoms with E-state index < -0.39 is 46.4 Å². The number of aliphatic hydroxyl groups is 1. The number of ether oxygens (including phenoxy) is 2. The molecule has 2 aliphatic heterocycles. The average Bonchev–Trinajstić information content (AvgIpc) is 3.51. The number of nitrogens with zero attached hydrogens (tertiary/aromatic N) is 2. The molecule has 2 unspecified atom stereocenters. The van der Waals surface area contributed by atoms with Crippen LogP contribution in [0.5, 0.6) is 0 Å². The van der Waals surface area contributed by atoms with E-state index in [1.54, 1.807) is 24.1 Å². The number of anilines is 1. The maximum atomic E-state index is 14.9. The second kappa shape index (κ2) is 13.6. The third kappa shape index (κ3) is 7.76. The van der Waals surface area contributed by atoms with Crippen molar-refractivity contribution in [3.63, 3.8) is 0 Å². The Balaban J connectivity index is 1.18. The van der Waals surface area contributed by atoms with Crippen LogP contribution in [-0.4, -0.2) is 59.3 Å². The van der Waals surface area contributed by atoms with Crippen LogP contribution in [0.2, 0.25) is 5.02 Å². The molecule has 3 aromatic carbocycles. The first-order chi connectivity index (χ1) is 21.3. The van der Waals surface area contributed by atoms with Crippen LogP contribution in [0, 0.1) is 11.6 Å². The number of carbonyl (C=O) groups is 1. The number of thioether (sulfide) groups is 1. The standard InChI is InChI=1S/C30H28ClF5N4O4S/c1-17(29(42,14-40-16-37-15-38-40)23-8-7-21(32)11-25(23)33)45-22-12-43-28(44-13-22)19-4-2-18(3-5-19)27(41)39-26-9-6-20(10-24(26)31)30(34,35)36/h2-11,15,17,22,28,42H,12-14,16H2,1H3,(H,37,38)(H,39,41). The van der Waals surface area contributed by atoms with Crippen molar-refractivity contribution in [3.05, 3.63) is 99.6 Å². The Hall–Kier alpha value is -3.27. The van der Waals surface area contributed by atoms with Crippen molar-refractivity contribution < 1.29 is 41.3 Å². The summed E-state index contributed by atoms with van der Waals surface area (Å²) in [5.74, 6) is -2.18. The highest BCUT2D eigenvalue weighted by atomic mass is 35.5. The van der Waals surface area contributed by atoms with Gasteiger partial charge in [0.1, 0.15) is 23.9 Å². The van der Waals surface area contributed by atoms with E-state index in [0.29, 0.717) is 5.56 Å². The quantitative estimate of drug-likeness (QED) is 0.236. The van der Waals surface area contributed by atoms with Crippen molar-refractivity contribution in [3.8, 4) is 0 Å². The van der Waals surface area contributed by atoms with E-state index >= 15 is 0 Å². The van der Waals surface area contributed by atoms with E-state index in [2.05, 4.69) is 15.7 Å². The zero-order chi connectivity index (χ0) is 32.4. The second-order valence-electron chi connectivity index (χ2n) is 10.5. The molecule has 3 N–H and O–H groups in total. The minimum absolute atomic E-state index is 0.0220. The normalized spacial score (nSPS) is 20.8. The Bertz CT molecular complexity index is 1550. The van der Waals surface area contributed by atoms with Crippen LogP contribution >= 0.6 is 23.4 Å². The highest BCUT2D eigenvalue weighted by Gasteiger charge is 2.42. The van der Waals surface area contributed by atoms with Gasteiger partial charge in [-0.3, -0.25) is 9.79 Å². The van der Waals surface area contributed by atoms with E-state index in [1.807, 2.05) is 0 Å². The molecule has 1 fully saturated rings. The molecule has 0 saturated carbocycles. The number of hydrogen-bond acceptors (Lipinski definition) is 8. The number of nitrogens with one attached hydrogen (secondary N) is 2. The van der Waals surface area contributed by atoms with Gasteiger partial charge < -0.3 is 25.3 Å². The van der Waals surface area contributed by atoms with Gasteiger partial charge >= 0.3 is 6.18 Å². The molecule has 0 bridgehead atoms. The second-order valence-corrected chi connectivity index (χ2v) is 12.5. The topological polar surface area (TPSA) is 95.4 Å². The number of hydrazine groups is 1. The smallest absolute Gasteiger partial charge is 0.382 e. The summed E-state index contributed by atoms with van der Waals surface area (Å²) in [6, 6.07) is 12.0. The Morgan fingerprint density at radius 1 is 1.13 bits per heavy atom. The average molecular weight is 671 g/mol. The van der Waals surface area contributed by atoms with Gasteiger partial charge in [0.2, 0.25) is 0 Å². The fourth-order valence-electron chi connectivity index (χ4n) is 4.90. The predicted octanol–water partition coefficient (Wildman–Crippen LogP) is 6.12. The van der Waals surface area contributed by atoms with Crippen molar-refractivity contribution in [2.45, 2.75) is 35.5 Å². The van der Waals surface area contributed by atoms with Crippen molar-refractivity contribution in [1.29, 1.82) is 0 Å². The molecule has 5 rings (SSSR count). The van der Waals surface area contributed by atoms with Gasteiger partial charge in [-0.1, -0.05) is 36.7 Å². The van der Waals surface area contributed by atoms with Crippen molar-refractivity contribution in [1.82, 2.24) is 10.4 Å². The molecule has 2 atom stereocenters. The van der Waals surface area contributed by atoms with Gasteiger partial charge in [-0.05, 0) is 36.4 Å². The first-order valence-corrected chi connectivity index (χ1v) is 15.0. The largest absolute Gasteiger partial charge is 0.416 e. The van der Waals surface area contributed by atoms with Gasteiger partial charge in [0.25, 0.3) is 5.91 Å². The minimum Gasteiger partial charge on any atom is -0.382 e. The first-order valence-electron chi connectivity index (χ1n) is 13.7. The number of β-amino-alcohol motifs (C(OH)–C–C–N with tert-alkyl or cyclic N) is 1. The Morgan fingerprint density at radius 3 is 2.44 bits per heavy atom. The molecule has 240 valence electrons. The van der Waals surface area contributed by atoms with E-state index in [-0.39, 0.29) is 53.5 Å². The van der Waals surface area contributed by atoms with Gasteiger partial charge in [-0.15, -0.1) is 11.8 Å². The Kier molecular flexibility index (Phi) is 10.0. The number of benzene rings is 3.